The summed E-state index contributed by atoms with van der Waals surface area (Å²) in [5.41, 5.74) is 8.02. The fourth-order valence-corrected chi connectivity index (χ4v) is 4.91. The van der Waals surface area contributed by atoms with Crippen LogP contribution >= 0.6 is 0 Å². The fraction of sp³-hybridized carbons (Fsp3) is 0.370. The second-order valence-corrected chi connectivity index (χ2v) is 9.12. The number of nitrogens with zero attached hydrogens (tertiary/aromatic N) is 4. The first-order valence-electron chi connectivity index (χ1n) is 12.1. The Labute approximate surface area is 205 Å². The number of benzene rings is 2. The number of nitrogens with one attached hydrogen (secondary N) is 1. The zero-order valence-electron chi connectivity index (χ0n) is 20.7. The molecule has 0 spiro atoms. The second kappa shape index (κ2) is 9.54. The van der Waals surface area contributed by atoms with Crippen LogP contribution in [0.3, 0.4) is 0 Å². The van der Waals surface area contributed by atoms with Gasteiger partial charge < -0.3 is 19.5 Å². The predicted molar refractivity (Wildman–Crippen MR) is 136 cm³/mol. The molecule has 0 aliphatic carbocycles. The van der Waals surface area contributed by atoms with Crippen molar-refractivity contribution in [3.63, 3.8) is 0 Å². The Morgan fingerprint density at radius 1 is 1.06 bits per heavy atom. The topological polar surface area (TPSA) is 83.2 Å². The van der Waals surface area contributed by atoms with Gasteiger partial charge in [-0.1, -0.05) is 35.5 Å². The minimum Gasteiger partial charge on any atom is -0.378 e. The lowest BCUT2D eigenvalue weighted by atomic mass is 9.93. The number of ether oxygens (including phenoxy) is 1. The van der Waals surface area contributed by atoms with Gasteiger partial charge in [-0.15, -0.1) is 0 Å². The van der Waals surface area contributed by atoms with E-state index in [1.165, 1.54) is 5.56 Å². The molecule has 0 bridgehead atoms. The van der Waals surface area contributed by atoms with Crippen molar-refractivity contribution in [1.82, 2.24) is 15.5 Å². The van der Waals surface area contributed by atoms with Crippen molar-refractivity contribution in [1.29, 1.82) is 0 Å². The SMILES string of the molecule is CNC(=O)N1N=C(c2ccc(-c3c(C)noc3C)cc2)c2cc(N3CCOCC3)ccc2C[C@@H]1C. The predicted octanol–water partition coefficient (Wildman–Crippen LogP) is 4.13. The molecule has 8 heteroatoms. The molecule has 2 amide bonds. The molecule has 0 radical (unpaired) electrons. The van der Waals surface area contributed by atoms with E-state index in [1.54, 1.807) is 12.1 Å². The standard InChI is InChI=1S/C27H31N5O3/c1-17-15-22-9-10-23(31-11-13-34-14-12-31)16-24(22)26(29-32(17)27(33)28-4)21-7-5-20(6-8-21)25-18(2)30-35-19(25)3/h5-10,16-17H,11-15H2,1-4H3,(H,28,33)/t17-/m0/s1. The van der Waals surface area contributed by atoms with E-state index in [-0.39, 0.29) is 12.1 Å². The van der Waals surface area contributed by atoms with E-state index in [1.807, 2.05) is 20.8 Å². The summed E-state index contributed by atoms with van der Waals surface area (Å²) in [4.78, 5) is 15.1. The van der Waals surface area contributed by atoms with Crippen LogP contribution in [0.2, 0.25) is 0 Å². The van der Waals surface area contributed by atoms with Crippen LogP contribution in [0.5, 0.6) is 0 Å². The Hall–Kier alpha value is -3.65. The molecule has 2 aliphatic heterocycles. The van der Waals surface area contributed by atoms with E-state index in [4.69, 9.17) is 14.4 Å². The van der Waals surface area contributed by atoms with Gasteiger partial charge in [0.15, 0.2) is 0 Å². The van der Waals surface area contributed by atoms with Crippen LogP contribution in [-0.2, 0) is 11.2 Å². The van der Waals surface area contributed by atoms with Crippen LogP contribution in [-0.4, -0.2) is 61.3 Å². The third-order valence-corrected chi connectivity index (χ3v) is 6.77. The number of morpholine rings is 1. The minimum atomic E-state index is -0.219. The normalized spacial score (nSPS) is 18.1. The van der Waals surface area contributed by atoms with Crippen LogP contribution in [0.25, 0.3) is 11.1 Å². The highest BCUT2D eigenvalue weighted by Crippen LogP contribution is 2.31. The molecule has 5 rings (SSSR count). The van der Waals surface area contributed by atoms with Crippen LogP contribution in [0.4, 0.5) is 10.5 Å². The summed E-state index contributed by atoms with van der Waals surface area (Å²) in [6.45, 7) is 9.06. The maximum Gasteiger partial charge on any atom is 0.337 e. The Morgan fingerprint density at radius 2 is 1.77 bits per heavy atom. The number of amides is 2. The summed E-state index contributed by atoms with van der Waals surface area (Å²) in [7, 11) is 1.64. The molecule has 0 unspecified atom stereocenters. The zero-order valence-corrected chi connectivity index (χ0v) is 20.7. The molecule has 1 N–H and O–H groups in total. The number of anilines is 1. The minimum absolute atomic E-state index is 0.0815. The van der Waals surface area contributed by atoms with Crippen LogP contribution in [0.15, 0.2) is 52.1 Å². The molecular weight excluding hydrogens is 442 g/mol. The van der Waals surface area contributed by atoms with Gasteiger partial charge in [-0.2, -0.15) is 5.10 Å². The number of hydrazone groups is 1. The summed E-state index contributed by atoms with van der Waals surface area (Å²) >= 11 is 0. The van der Waals surface area contributed by atoms with Gasteiger partial charge in [0, 0.05) is 42.5 Å². The second-order valence-electron chi connectivity index (χ2n) is 9.12. The van der Waals surface area contributed by atoms with Gasteiger partial charge >= 0.3 is 6.03 Å². The van der Waals surface area contributed by atoms with Crippen molar-refractivity contribution < 1.29 is 14.1 Å². The first-order valence-corrected chi connectivity index (χ1v) is 12.1. The summed E-state index contributed by atoms with van der Waals surface area (Å²) in [5, 5.41) is 13.3. The van der Waals surface area contributed by atoms with E-state index in [9.17, 15) is 4.79 Å². The van der Waals surface area contributed by atoms with Crippen LogP contribution < -0.4 is 10.2 Å². The molecule has 3 heterocycles. The molecular formula is C27H31N5O3. The number of hydrogen-bond acceptors (Lipinski definition) is 6. The number of urea groups is 1. The number of carbonyl (C=O) groups is 1. The summed E-state index contributed by atoms with van der Waals surface area (Å²) in [5.74, 6) is 0.794. The Kier molecular flexibility index (Phi) is 6.30. The molecule has 1 saturated heterocycles. The third kappa shape index (κ3) is 4.41. The molecule has 35 heavy (non-hydrogen) atoms. The van der Waals surface area contributed by atoms with Crippen LogP contribution in [0.1, 0.15) is 35.1 Å². The van der Waals surface area contributed by atoms with Crippen molar-refractivity contribution in [2.45, 2.75) is 33.2 Å². The maximum atomic E-state index is 12.7. The Bertz CT molecular complexity index is 1240. The Morgan fingerprint density at radius 3 is 2.43 bits per heavy atom. The lowest BCUT2D eigenvalue weighted by molar-refractivity contribution is 0.122. The van der Waals surface area contributed by atoms with Crippen molar-refractivity contribution in [3.05, 3.63) is 70.6 Å². The van der Waals surface area contributed by atoms with Crippen molar-refractivity contribution in [2.75, 3.05) is 38.3 Å². The van der Waals surface area contributed by atoms with Crippen molar-refractivity contribution in [2.24, 2.45) is 5.10 Å². The summed E-state index contributed by atoms with van der Waals surface area (Å²) < 4.78 is 10.9. The van der Waals surface area contributed by atoms with E-state index < -0.39 is 0 Å². The van der Waals surface area contributed by atoms with E-state index >= 15 is 0 Å². The van der Waals surface area contributed by atoms with Gasteiger partial charge in [-0.25, -0.2) is 9.80 Å². The quantitative estimate of drug-likeness (QED) is 0.618. The van der Waals surface area contributed by atoms with Crippen LogP contribution in [0, 0.1) is 13.8 Å². The maximum absolute atomic E-state index is 12.7. The number of carbonyl (C=O) groups excluding carboxylic acids is 1. The fourth-order valence-electron chi connectivity index (χ4n) is 4.91. The van der Waals surface area contributed by atoms with Gasteiger partial charge in [0.25, 0.3) is 0 Å². The van der Waals surface area contributed by atoms with Gasteiger partial charge in [-0.05, 0) is 50.5 Å². The first-order chi connectivity index (χ1) is 17.0. The largest absolute Gasteiger partial charge is 0.378 e. The molecule has 3 aromatic rings. The molecule has 8 nitrogen and oxygen atoms in total. The van der Waals surface area contributed by atoms with Gasteiger partial charge in [-0.3, -0.25) is 0 Å². The molecule has 2 aliphatic rings. The first kappa shape index (κ1) is 23.1. The number of rotatable bonds is 3. The molecule has 182 valence electrons. The summed E-state index contributed by atoms with van der Waals surface area (Å²) in [6, 6.07) is 14.5. The van der Waals surface area contributed by atoms with Crippen molar-refractivity contribution >= 4 is 17.4 Å². The number of aryl methyl sites for hydroxylation is 2. The van der Waals surface area contributed by atoms with Crippen molar-refractivity contribution in [3.8, 4) is 11.1 Å². The molecule has 1 atom stereocenters. The highest BCUT2D eigenvalue weighted by Gasteiger charge is 2.28. The monoisotopic (exact) mass is 473 g/mol. The average Bonchev–Trinajstić information content (AvgIpc) is 3.14. The molecule has 1 aromatic heterocycles. The van der Waals surface area contributed by atoms with Gasteiger partial charge in [0.05, 0.1) is 30.7 Å². The lowest BCUT2D eigenvalue weighted by Crippen LogP contribution is -2.41. The number of aromatic nitrogens is 1. The molecule has 0 saturated carbocycles. The van der Waals surface area contributed by atoms with E-state index in [0.717, 1.165) is 77.8 Å². The van der Waals surface area contributed by atoms with E-state index in [0.29, 0.717) is 0 Å². The third-order valence-electron chi connectivity index (χ3n) is 6.77. The smallest absolute Gasteiger partial charge is 0.337 e. The van der Waals surface area contributed by atoms with E-state index in [2.05, 4.69) is 57.8 Å². The lowest BCUT2D eigenvalue weighted by Gasteiger charge is -2.29. The molecule has 2 aromatic carbocycles. The highest BCUT2D eigenvalue weighted by atomic mass is 16.5. The number of hydrogen-bond donors (Lipinski definition) is 1. The highest BCUT2D eigenvalue weighted by molar-refractivity contribution is 6.14. The number of fused-ring (bicyclic) bond motifs is 1. The Balaban J connectivity index is 1.60. The van der Waals surface area contributed by atoms with Gasteiger partial charge in [0.2, 0.25) is 0 Å². The van der Waals surface area contributed by atoms with Gasteiger partial charge in [0.1, 0.15) is 5.76 Å². The average molecular weight is 474 g/mol. The zero-order chi connectivity index (χ0) is 24.5. The summed E-state index contributed by atoms with van der Waals surface area (Å²) in [6.07, 6.45) is 0.719. The molecule has 1 fully saturated rings.